The number of carbonyl (C=O) groups excluding carboxylic acids is 2. The lowest BCUT2D eigenvalue weighted by molar-refractivity contribution is -0.117. The lowest BCUT2D eigenvalue weighted by Crippen LogP contribution is -2.29. The van der Waals surface area contributed by atoms with Crippen molar-refractivity contribution in [3.8, 4) is 6.07 Å². The Morgan fingerprint density at radius 2 is 2.20 bits per heavy atom. The maximum atomic E-state index is 12.0. The van der Waals surface area contributed by atoms with Crippen molar-refractivity contribution < 1.29 is 14.3 Å². The second-order valence-corrected chi connectivity index (χ2v) is 4.11. The number of amides is 2. The number of carbonyl (C=O) groups is 2. The van der Waals surface area contributed by atoms with Crippen LogP contribution in [0.15, 0.2) is 29.8 Å². The van der Waals surface area contributed by atoms with Gasteiger partial charge < -0.3 is 15.4 Å². The van der Waals surface area contributed by atoms with Gasteiger partial charge in [0.05, 0.1) is 12.2 Å². The van der Waals surface area contributed by atoms with Crippen LogP contribution in [-0.4, -0.2) is 32.1 Å². The predicted octanol–water partition coefficient (Wildman–Crippen LogP) is 0.678. The zero-order valence-electron chi connectivity index (χ0n) is 10.9. The summed E-state index contributed by atoms with van der Waals surface area (Å²) < 4.78 is 4.82. The van der Waals surface area contributed by atoms with Crippen LogP contribution < -0.4 is 10.6 Å². The standard InChI is InChI=1S/C14H13N3O3/c1-20-7-6-16-13(18)10(8-15)12-9-4-2-3-5-11(9)17-14(12)19/h2-5H,6-7H2,1H3,(H,16,18)(H,17,19)/b12-10-. The number of fused-ring (bicyclic) bond motifs is 1. The molecule has 1 aliphatic rings. The van der Waals surface area contributed by atoms with Crippen molar-refractivity contribution in [1.29, 1.82) is 5.26 Å². The number of benzene rings is 1. The van der Waals surface area contributed by atoms with Crippen molar-refractivity contribution in [3.05, 3.63) is 35.4 Å². The molecule has 0 unspecified atom stereocenters. The highest BCUT2D eigenvalue weighted by molar-refractivity contribution is 6.36. The van der Waals surface area contributed by atoms with E-state index in [9.17, 15) is 14.9 Å². The Balaban J connectivity index is 2.36. The van der Waals surface area contributed by atoms with Gasteiger partial charge in [-0.3, -0.25) is 9.59 Å². The fourth-order valence-corrected chi connectivity index (χ4v) is 1.94. The lowest BCUT2D eigenvalue weighted by Gasteiger charge is -2.05. The van der Waals surface area contributed by atoms with Crippen LogP contribution in [0.5, 0.6) is 0 Å². The molecule has 1 aromatic rings. The third-order valence-electron chi connectivity index (χ3n) is 2.85. The maximum absolute atomic E-state index is 12.0. The Morgan fingerprint density at radius 3 is 2.90 bits per heavy atom. The predicted molar refractivity (Wildman–Crippen MR) is 72.5 cm³/mol. The first-order valence-electron chi connectivity index (χ1n) is 6.01. The first kappa shape index (κ1) is 13.8. The quantitative estimate of drug-likeness (QED) is 0.478. The van der Waals surface area contributed by atoms with Crippen LogP contribution in [0.25, 0.3) is 5.57 Å². The Morgan fingerprint density at radius 1 is 1.45 bits per heavy atom. The Hall–Kier alpha value is -2.65. The van der Waals surface area contributed by atoms with E-state index in [0.717, 1.165) is 0 Å². The molecule has 6 heteroatoms. The topological polar surface area (TPSA) is 91.2 Å². The minimum Gasteiger partial charge on any atom is -0.383 e. The number of rotatable bonds is 4. The normalized spacial score (nSPS) is 15.1. The van der Waals surface area contributed by atoms with Gasteiger partial charge in [0.2, 0.25) is 0 Å². The van der Waals surface area contributed by atoms with Gasteiger partial charge in [0.25, 0.3) is 11.8 Å². The molecule has 2 amide bonds. The number of hydrogen-bond donors (Lipinski definition) is 2. The molecule has 0 bridgehead atoms. The molecule has 0 spiro atoms. The van der Waals surface area contributed by atoms with Crippen molar-refractivity contribution in [1.82, 2.24) is 5.32 Å². The van der Waals surface area contributed by atoms with E-state index in [2.05, 4.69) is 10.6 Å². The maximum Gasteiger partial charge on any atom is 0.262 e. The van der Waals surface area contributed by atoms with Gasteiger partial charge in [0, 0.05) is 24.9 Å². The van der Waals surface area contributed by atoms with Crippen LogP contribution in [0, 0.1) is 11.3 Å². The van der Waals surface area contributed by atoms with E-state index in [0.29, 0.717) is 17.9 Å². The summed E-state index contributed by atoms with van der Waals surface area (Å²) in [6.45, 7) is 0.611. The molecule has 0 aromatic heterocycles. The van der Waals surface area contributed by atoms with Gasteiger partial charge in [-0.05, 0) is 6.07 Å². The number of hydrogen-bond acceptors (Lipinski definition) is 4. The molecule has 1 aliphatic heterocycles. The average Bonchev–Trinajstić information content (AvgIpc) is 2.77. The average molecular weight is 271 g/mol. The van der Waals surface area contributed by atoms with Crippen LogP contribution in [0.2, 0.25) is 0 Å². The third kappa shape index (κ3) is 2.53. The number of anilines is 1. The SMILES string of the molecule is COCCNC(=O)/C(C#N)=C1\C(=O)Nc2ccccc21. The Kier molecular flexibility index (Phi) is 4.13. The minimum atomic E-state index is -0.577. The van der Waals surface area contributed by atoms with Gasteiger partial charge in [-0.15, -0.1) is 0 Å². The van der Waals surface area contributed by atoms with Gasteiger partial charge >= 0.3 is 0 Å². The molecule has 0 fully saturated rings. The molecule has 0 saturated heterocycles. The molecule has 0 aliphatic carbocycles. The van der Waals surface area contributed by atoms with Crippen molar-refractivity contribution in [3.63, 3.8) is 0 Å². The van der Waals surface area contributed by atoms with Crippen LogP contribution >= 0.6 is 0 Å². The highest BCUT2D eigenvalue weighted by Crippen LogP contribution is 2.33. The molecule has 1 heterocycles. The van der Waals surface area contributed by atoms with Crippen LogP contribution in [0.4, 0.5) is 5.69 Å². The molecule has 20 heavy (non-hydrogen) atoms. The zero-order valence-corrected chi connectivity index (χ0v) is 10.9. The molecule has 2 rings (SSSR count). The van der Waals surface area contributed by atoms with Gasteiger partial charge in [-0.1, -0.05) is 18.2 Å². The number of para-hydroxylation sites is 1. The summed E-state index contributed by atoms with van der Waals surface area (Å²) in [5.74, 6) is -1.02. The van der Waals surface area contributed by atoms with Crippen molar-refractivity contribution in [2.75, 3.05) is 25.6 Å². The first-order valence-corrected chi connectivity index (χ1v) is 6.01. The molecular formula is C14H13N3O3. The Bertz CT molecular complexity index is 629. The van der Waals surface area contributed by atoms with Crippen LogP contribution in [0.1, 0.15) is 5.56 Å². The highest BCUT2D eigenvalue weighted by Gasteiger charge is 2.29. The monoisotopic (exact) mass is 271 g/mol. The van der Waals surface area contributed by atoms with E-state index < -0.39 is 11.8 Å². The van der Waals surface area contributed by atoms with E-state index in [1.165, 1.54) is 7.11 Å². The molecular weight excluding hydrogens is 258 g/mol. The summed E-state index contributed by atoms with van der Waals surface area (Å²) in [7, 11) is 1.51. The van der Waals surface area contributed by atoms with E-state index in [4.69, 9.17) is 4.74 Å². The number of nitriles is 1. The van der Waals surface area contributed by atoms with Gasteiger partial charge in [-0.25, -0.2) is 0 Å². The first-order chi connectivity index (χ1) is 9.69. The van der Waals surface area contributed by atoms with Gasteiger partial charge in [0.15, 0.2) is 0 Å². The zero-order chi connectivity index (χ0) is 14.5. The summed E-state index contributed by atoms with van der Waals surface area (Å²) in [6, 6.07) is 8.74. The van der Waals surface area contributed by atoms with E-state index in [1.807, 2.05) is 6.07 Å². The smallest absolute Gasteiger partial charge is 0.262 e. The van der Waals surface area contributed by atoms with Crippen molar-refractivity contribution >= 4 is 23.1 Å². The summed E-state index contributed by atoms with van der Waals surface area (Å²) in [5.41, 5.74) is 1.09. The lowest BCUT2D eigenvalue weighted by atomic mass is 10.0. The number of nitrogens with one attached hydrogen (secondary N) is 2. The highest BCUT2D eigenvalue weighted by atomic mass is 16.5. The second kappa shape index (κ2) is 5.99. The van der Waals surface area contributed by atoms with Crippen molar-refractivity contribution in [2.45, 2.75) is 0 Å². The number of ether oxygens (including phenoxy) is 1. The summed E-state index contributed by atoms with van der Waals surface area (Å²) >= 11 is 0. The molecule has 0 radical (unpaired) electrons. The van der Waals surface area contributed by atoms with E-state index >= 15 is 0 Å². The molecule has 0 atom stereocenters. The fourth-order valence-electron chi connectivity index (χ4n) is 1.94. The van der Waals surface area contributed by atoms with E-state index in [-0.39, 0.29) is 17.7 Å². The van der Waals surface area contributed by atoms with Gasteiger partial charge in [0.1, 0.15) is 11.6 Å². The second-order valence-electron chi connectivity index (χ2n) is 4.11. The summed E-state index contributed by atoms with van der Waals surface area (Å²) in [4.78, 5) is 23.9. The van der Waals surface area contributed by atoms with E-state index in [1.54, 1.807) is 24.3 Å². The number of methoxy groups -OCH3 is 1. The Labute approximate surface area is 116 Å². The molecule has 0 saturated carbocycles. The van der Waals surface area contributed by atoms with Crippen molar-refractivity contribution in [2.24, 2.45) is 0 Å². The largest absolute Gasteiger partial charge is 0.383 e. The van der Waals surface area contributed by atoms with Crippen LogP contribution in [-0.2, 0) is 14.3 Å². The summed E-state index contributed by atoms with van der Waals surface area (Å²) in [5, 5.41) is 14.3. The molecule has 1 aromatic carbocycles. The third-order valence-corrected chi connectivity index (χ3v) is 2.85. The van der Waals surface area contributed by atoms with Gasteiger partial charge in [-0.2, -0.15) is 5.26 Å². The molecule has 2 N–H and O–H groups in total. The molecule has 6 nitrogen and oxygen atoms in total. The number of nitrogens with zero attached hydrogens (tertiary/aromatic N) is 1. The summed E-state index contributed by atoms with van der Waals surface area (Å²) in [6.07, 6.45) is 0. The van der Waals surface area contributed by atoms with Crippen LogP contribution in [0.3, 0.4) is 0 Å². The fraction of sp³-hybridized carbons (Fsp3) is 0.214. The molecule has 102 valence electrons. The minimum absolute atomic E-state index is 0.109.